The smallest absolute Gasteiger partial charge is 0.297 e. The second kappa shape index (κ2) is 6.98. The fraction of sp³-hybridized carbons (Fsp3) is 0.421. The Balaban J connectivity index is 1.47. The van der Waals surface area contributed by atoms with E-state index in [0.717, 1.165) is 37.3 Å². The molecule has 7 heteroatoms. The Kier molecular flexibility index (Phi) is 4.69. The van der Waals surface area contributed by atoms with Crippen molar-refractivity contribution in [1.82, 2.24) is 20.7 Å². The number of likely N-dealkylation sites (tertiary alicyclic amines) is 1. The normalized spacial score (nSPS) is 26.7. The molecule has 0 amide bonds. The number of pyridine rings is 1. The van der Waals surface area contributed by atoms with E-state index in [4.69, 9.17) is 0 Å². The molecule has 4 rings (SSSR count). The summed E-state index contributed by atoms with van der Waals surface area (Å²) in [5.74, 6) is 0.309. The van der Waals surface area contributed by atoms with Gasteiger partial charge in [0.2, 0.25) is 0 Å². The lowest BCUT2D eigenvalue weighted by atomic mass is 9.85. The maximum absolute atomic E-state index is 12.8. The molecule has 4 nitrogen and oxygen atoms in total. The lowest BCUT2D eigenvalue weighted by molar-refractivity contribution is -0.137. The Labute approximate surface area is 150 Å². The van der Waals surface area contributed by atoms with Crippen LogP contribution in [0.1, 0.15) is 29.3 Å². The van der Waals surface area contributed by atoms with E-state index in [1.54, 1.807) is 18.3 Å². The zero-order chi connectivity index (χ0) is 18.1. The molecule has 0 saturated carbocycles. The third kappa shape index (κ3) is 3.60. The van der Waals surface area contributed by atoms with Gasteiger partial charge in [0.25, 0.3) is 0 Å². The minimum atomic E-state index is -4.30. The van der Waals surface area contributed by atoms with Crippen LogP contribution in [0.4, 0.5) is 13.2 Å². The number of hydrogen-bond donors (Lipinski definition) is 2. The summed E-state index contributed by atoms with van der Waals surface area (Å²) in [4.78, 5) is 6.76. The average molecular weight is 362 g/mol. The van der Waals surface area contributed by atoms with Gasteiger partial charge in [0.1, 0.15) is 0 Å². The zero-order valence-electron chi connectivity index (χ0n) is 14.2. The first-order chi connectivity index (χ1) is 12.5. The number of piperidine rings is 1. The van der Waals surface area contributed by atoms with Crippen LogP contribution in [0.5, 0.6) is 0 Å². The van der Waals surface area contributed by atoms with Crippen LogP contribution >= 0.6 is 0 Å². The molecule has 3 atom stereocenters. The van der Waals surface area contributed by atoms with Crippen LogP contribution in [0.3, 0.4) is 0 Å². The first-order valence-corrected chi connectivity index (χ1v) is 8.81. The Morgan fingerprint density at radius 1 is 1.08 bits per heavy atom. The number of aromatic nitrogens is 1. The van der Waals surface area contributed by atoms with E-state index in [-0.39, 0.29) is 6.04 Å². The molecule has 0 bridgehead atoms. The number of hydrogen-bond acceptors (Lipinski definition) is 4. The molecule has 0 aliphatic carbocycles. The molecular formula is C19H21F3N4. The Morgan fingerprint density at radius 2 is 1.88 bits per heavy atom. The highest BCUT2D eigenvalue weighted by Gasteiger charge is 2.40. The van der Waals surface area contributed by atoms with Gasteiger partial charge in [0, 0.05) is 37.8 Å². The van der Waals surface area contributed by atoms with E-state index in [1.165, 1.54) is 12.1 Å². The number of halogens is 3. The standard InChI is InChI=1S/C19H21F3N4/c20-19(21,22)14-6-4-13(5-7-14)18-16-12-26(10-8-17(16)24-25-18)11-15-3-1-2-9-23-15/h1-7,9,16-18,24-25H,8,10-12H2. The Morgan fingerprint density at radius 3 is 2.58 bits per heavy atom. The van der Waals surface area contributed by atoms with Crippen molar-refractivity contribution in [2.24, 2.45) is 5.92 Å². The summed E-state index contributed by atoms with van der Waals surface area (Å²) in [6.07, 6.45) is -1.50. The van der Waals surface area contributed by atoms with Crippen LogP contribution in [-0.4, -0.2) is 29.0 Å². The van der Waals surface area contributed by atoms with E-state index in [1.807, 2.05) is 18.2 Å². The molecule has 2 fully saturated rings. The largest absolute Gasteiger partial charge is 0.416 e. The average Bonchev–Trinajstić information content (AvgIpc) is 3.05. The fourth-order valence-corrected chi connectivity index (χ4v) is 3.95. The van der Waals surface area contributed by atoms with Crippen molar-refractivity contribution in [2.45, 2.75) is 31.2 Å². The molecule has 0 radical (unpaired) electrons. The number of nitrogens with zero attached hydrogens (tertiary/aromatic N) is 2. The molecule has 1 aromatic heterocycles. The summed E-state index contributed by atoms with van der Waals surface area (Å²) < 4.78 is 38.3. The van der Waals surface area contributed by atoms with Crippen LogP contribution in [0.25, 0.3) is 0 Å². The van der Waals surface area contributed by atoms with Crippen LogP contribution in [0.2, 0.25) is 0 Å². The van der Waals surface area contributed by atoms with Crippen molar-refractivity contribution in [3.05, 3.63) is 65.5 Å². The lowest BCUT2D eigenvalue weighted by Crippen LogP contribution is -2.45. The highest BCUT2D eigenvalue weighted by atomic mass is 19.4. The van der Waals surface area contributed by atoms with Crippen molar-refractivity contribution < 1.29 is 13.2 Å². The molecule has 2 aliphatic heterocycles. The topological polar surface area (TPSA) is 40.2 Å². The maximum atomic E-state index is 12.8. The molecule has 0 spiro atoms. The van der Waals surface area contributed by atoms with Crippen molar-refractivity contribution >= 4 is 0 Å². The van der Waals surface area contributed by atoms with Gasteiger partial charge in [-0.3, -0.25) is 15.3 Å². The van der Waals surface area contributed by atoms with E-state index >= 15 is 0 Å². The van der Waals surface area contributed by atoms with Gasteiger partial charge in [-0.25, -0.2) is 5.43 Å². The monoisotopic (exact) mass is 362 g/mol. The van der Waals surface area contributed by atoms with Gasteiger partial charge in [0.15, 0.2) is 0 Å². The number of benzene rings is 1. The van der Waals surface area contributed by atoms with Crippen molar-refractivity contribution in [1.29, 1.82) is 0 Å². The van der Waals surface area contributed by atoms with E-state index < -0.39 is 11.7 Å². The van der Waals surface area contributed by atoms with Gasteiger partial charge in [-0.05, 0) is 36.2 Å². The number of fused-ring (bicyclic) bond motifs is 1. The third-order valence-corrected chi connectivity index (χ3v) is 5.30. The SMILES string of the molecule is FC(F)(F)c1ccc(C2NNC3CCN(Cc4ccccn4)CC32)cc1. The van der Waals surface area contributed by atoms with E-state index in [9.17, 15) is 13.2 Å². The highest BCUT2D eigenvalue weighted by Crippen LogP contribution is 2.36. The second-order valence-corrected chi connectivity index (χ2v) is 7.00. The zero-order valence-corrected chi connectivity index (χ0v) is 14.2. The predicted molar refractivity (Wildman–Crippen MR) is 91.9 cm³/mol. The fourth-order valence-electron chi connectivity index (χ4n) is 3.95. The minimum absolute atomic E-state index is 0.00816. The number of hydrazine groups is 1. The molecule has 1 aromatic carbocycles. The molecule has 3 heterocycles. The second-order valence-electron chi connectivity index (χ2n) is 7.00. The Bertz CT molecular complexity index is 733. The van der Waals surface area contributed by atoms with Gasteiger partial charge in [-0.2, -0.15) is 13.2 Å². The van der Waals surface area contributed by atoms with Crippen LogP contribution in [-0.2, 0) is 12.7 Å². The molecular weight excluding hydrogens is 341 g/mol. The first-order valence-electron chi connectivity index (χ1n) is 8.81. The van der Waals surface area contributed by atoms with Crippen LogP contribution in [0, 0.1) is 5.92 Å². The van der Waals surface area contributed by atoms with Crippen LogP contribution in [0.15, 0.2) is 48.7 Å². The van der Waals surface area contributed by atoms with Crippen molar-refractivity contribution in [3.8, 4) is 0 Å². The molecule has 3 unspecified atom stereocenters. The molecule has 2 saturated heterocycles. The van der Waals surface area contributed by atoms with Gasteiger partial charge >= 0.3 is 6.18 Å². The summed E-state index contributed by atoms with van der Waals surface area (Å²) in [5.41, 5.74) is 7.92. The van der Waals surface area contributed by atoms with Crippen molar-refractivity contribution in [3.63, 3.8) is 0 Å². The lowest BCUT2D eigenvalue weighted by Gasteiger charge is -2.36. The van der Waals surface area contributed by atoms with Gasteiger partial charge in [0.05, 0.1) is 17.3 Å². The quantitative estimate of drug-likeness (QED) is 0.880. The third-order valence-electron chi connectivity index (χ3n) is 5.30. The van der Waals surface area contributed by atoms with Gasteiger partial charge in [-0.1, -0.05) is 18.2 Å². The van der Waals surface area contributed by atoms with E-state index in [2.05, 4.69) is 20.7 Å². The number of alkyl halides is 3. The summed E-state index contributed by atoms with van der Waals surface area (Å²) in [5, 5.41) is 0. The molecule has 2 aromatic rings. The first kappa shape index (κ1) is 17.5. The van der Waals surface area contributed by atoms with E-state index in [0.29, 0.717) is 12.0 Å². The Hall–Kier alpha value is -1.96. The summed E-state index contributed by atoms with van der Waals surface area (Å²) in [6, 6.07) is 11.8. The van der Waals surface area contributed by atoms with Gasteiger partial charge in [-0.15, -0.1) is 0 Å². The summed E-state index contributed by atoms with van der Waals surface area (Å²) >= 11 is 0. The highest BCUT2D eigenvalue weighted by molar-refractivity contribution is 5.28. The van der Waals surface area contributed by atoms with Crippen molar-refractivity contribution in [2.75, 3.05) is 13.1 Å². The number of rotatable bonds is 3. The summed E-state index contributed by atoms with van der Waals surface area (Å²) in [6.45, 7) is 2.66. The molecule has 2 aliphatic rings. The minimum Gasteiger partial charge on any atom is -0.297 e. The molecule has 138 valence electrons. The molecule has 2 N–H and O–H groups in total. The summed E-state index contributed by atoms with van der Waals surface area (Å²) in [7, 11) is 0. The number of nitrogens with one attached hydrogen (secondary N) is 2. The van der Waals surface area contributed by atoms with Crippen LogP contribution < -0.4 is 10.9 Å². The molecule has 26 heavy (non-hydrogen) atoms. The van der Waals surface area contributed by atoms with Gasteiger partial charge < -0.3 is 0 Å². The predicted octanol–water partition coefficient (Wildman–Crippen LogP) is 3.14. The maximum Gasteiger partial charge on any atom is 0.416 e.